The highest BCUT2D eigenvalue weighted by Crippen LogP contribution is 2.47. The summed E-state index contributed by atoms with van der Waals surface area (Å²) in [7, 11) is 0. The molecule has 5 rings (SSSR count). The molecule has 194 valence electrons. The lowest BCUT2D eigenvalue weighted by Crippen LogP contribution is -2.44. The van der Waals surface area contributed by atoms with Crippen LogP contribution < -0.4 is 14.7 Å². The number of fused-ring (bicyclic) bond motifs is 1. The highest BCUT2D eigenvalue weighted by molar-refractivity contribution is 6.08. The van der Waals surface area contributed by atoms with E-state index in [-0.39, 0.29) is 25.9 Å². The van der Waals surface area contributed by atoms with Crippen LogP contribution in [0.25, 0.3) is 0 Å². The van der Waals surface area contributed by atoms with Crippen molar-refractivity contribution >= 4 is 35.2 Å². The van der Waals surface area contributed by atoms with Crippen molar-refractivity contribution in [2.75, 3.05) is 47.6 Å². The van der Waals surface area contributed by atoms with E-state index in [1.807, 2.05) is 12.1 Å². The lowest BCUT2D eigenvalue weighted by Gasteiger charge is -2.28. The molecule has 2 aromatic rings. The first-order valence-electron chi connectivity index (χ1n) is 12.3. The maximum Gasteiger partial charge on any atom is 0.414 e. The van der Waals surface area contributed by atoms with Crippen LogP contribution >= 0.6 is 0 Å². The van der Waals surface area contributed by atoms with Gasteiger partial charge in [-0.05, 0) is 42.3 Å². The smallest absolute Gasteiger partial charge is 0.414 e. The van der Waals surface area contributed by atoms with E-state index in [4.69, 9.17) is 14.6 Å². The van der Waals surface area contributed by atoms with E-state index in [1.165, 1.54) is 9.80 Å². The Labute approximate surface area is 214 Å². The monoisotopic (exact) mass is 507 g/mol. The van der Waals surface area contributed by atoms with Crippen molar-refractivity contribution in [2.24, 2.45) is 5.92 Å². The zero-order valence-corrected chi connectivity index (χ0v) is 20.5. The molecule has 0 aliphatic carbocycles. The van der Waals surface area contributed by atoms with Crippen molar-refractivity contribution in [1.29, 1.82) is 0 Å². The van der Waals surface area contributed by atoms with Gasteiger partial charge in [-0.25, -0.2) is 9.59 Å². The number of benzene rings is 2. The first kappa shape index (κ1) is 24.8. The quantitative estimate of drug-likeness (QED) is 0.527. The third kappa shape index (κ3) is 4.32. The van der Waals surface area contributed by atoms with Gasteiger partial charge < -0.3 is 24.6 Å². The second-order valence-electron chi connectivity index (χ2n) is 9.29. The zero-order valence-electron chi connectivity index (χ0n) is 20.5. The van der Waals surface area contributed by atoms with Gasteiger partial charge in [0.2, 0.25) is 0 Å². The molecule has 2 aromatic carbocycles. The van der Waals surface area contributed by atoms with Gasteiger partial charge in [0.05, 0.1) is 25.3 Å². The molecule has 0 bridgehead atoms. The number of amides is 3. The highest BCUT2D eigenvalue weighted by atomic mass is 16.6. The Hall–Kier alpha value is -3.89. The number of carbonyl (C=O) groups is 3. The second-order valence-corrected chi connectivity index (χ2v) is 9.29. The summed E-state index contributed by atoms with van der Waals surface area (Å²) in [6.07, 6.45) is 3.01. The molecule has 2 fully saturated rings. The fourth-order valence-corrected chi connectivity index (χ4v) is 4.99. The van der Waals surface area contributed by atoms with Gasteiger partial charge in [0.1, 0.15) is 13.2 Å². The molecule has 0 saturated carbocycles. The van der Waals surface area contributed by atoms with Gasteiger partial charge in [0, 0.05) is 29.5 Å². The van der Waals surface area contributed by atoms with Gasteiger partial charge in [0.15, 0.2) is 5.60 Å². The van der Waals surface area contributed by atoms with E-state index in [9.17, 15) is 19.5 Å². The van der Waals surface area contributed by atoms with Crippen LogP contribution in [0.3, 0.4) is 0 Å². The highest BCUT2D eigenvalue weighted by Gasteiger charge is 2.52. The fourth-order valence-electron chi connectivity index (χ4n) is 4.99. The van der Waals surface area contributed by atoms with Gasteiger partial charge in [-0.1, -0.05) is 31.2 Å². The molecule has 3 aliphatic rings. The Morgan fingerprint density at radius 2 is 1.59 bits per heavy atom. The number of aliphatic hydroxyl groups excluding tert-OH is 1. The van der Waals surface area contributed by atoms with E-state index < -0.39 is 23.5 Å². The van der Waals surface area contributed by atoms with E-state index in [1.54, 1.807) is 54.3 Å². The third-order valence-corrected chi connectivity index (χ3v) is 7.05. The summed E-state index contributed by atoms with van der Waals surface area (Å²) in [4.78, 5) is 42.4. The fraction of sp³-hybridized carbons (Fsp3) is 0.370. The maximum absolute atomic E-state index is 13.8. The molecule has 10 nitrogen and oxygen atoms in total. The van der Waals surface area contributed by atoms with Crippen molar-refractivity contribution in [3.05, 3.63) is 65.7 Å². The molecule has 2 atom stereocenters. The van der Waals surface area contributed by atoms with Gasteiger partial charge >= 0.3 is 12.2 Å². The SMILES string of the molecule is C[C@H](/C=C/CCO)[C@@]1(O)C(=O)N(Cc2ccc(N3CCOC3=O)cc2)c2ccc(N3CCOC3=O)cc21. The number of cyclic esters (lactones) is 2. The number of aliphatic hydroxyl groups is 2. The Balaban J connectivity index is 1.48. The third-order valence-electron chi connectivity index (χ3n) is 7.05. The lowest BCUT2D eigenvalue weighted by atomic mass is 9.82. The summed E-state index contributed by atoms with van der Waals surface area (Å²) >= 11 is 0. The summed E-state index contributed by atoms with van der Waals surface area (Å²) in [5, 5.41) is 21.0. The number of rotatable bonds is 8. The van der Waals surface area contributed by atoms with Crippen molar-refractivity contribution in [3.63, 3.8) is 0 Å². The van der Waals surface area contributed by atoms with Crippen molar-refractivity contribution in [2.45, 2.75) is 25.5 Å². The largest absolute Gasteiger partial charge is 0.447 e. The van der Waals surface area contributed by atoms with E-state index in [0.29, 0.717) is 48.7 Å². The molecule has 2 N–H and O–H groups in total. The second kappa shape index (κ2) is 9.87. The summed E-state index contributed by atoms with van der Waals surface area (Å²) in [5.41, 5.74) is 1.17. The summed E-state index contributed by atoms with van der Waals surface area (Å²) < 4.78 is 10.1. The van der Waals surface area contributed by atoms with E-state index in [2.05, 4.69) is 0 Å². The molecule has 3 heterocycles. The number of hydrogen-bond acceptors (Lipinski definition) is 7. The molecule has 37 heavy (non-hydrogen) atoms. The number of hydrogen-bond donors (Lipinski definition) is 2. The molecule has 3 amide bonds. The predicted octanol–water partition coefficient (Wildman–Crippen LogP) is 2.91. The van der Waals surface area contributed by atoms with Crippen LogP contribution in [-0.4, -0.2) is 61.2 Å². The van der Waals surface area contributed by atoms with Crippen LogP contribution in [0.1, 0.15) is 24.5 Å². The summed E-state index contributed by atoms with van der Waals surface area (Å²) in [6.45, 7) is 3.41. The molecule has 0 radical (unpaired) electrons. The predicted molar refractivity (Wildman–Crippen MR) is 135 cm³/mol. The van der Waals surface area contributed by atoms with Gasteiger partial charge in [-0.15, -0.1) is 0 Å². The number of nitrogens with zero attached hydrogens (tertiary/aromatic N) is 3. The van der Waals surface area contributed by atoms with Gasteiger partial charge in [0.25, 0.3) is 5.91 Å². The van der Waals surface area contributed by atoms with Crippen LogP contribution in [0.4, 0.5) is 26.7 Å². The minimum absolute atomic E-state index is 0.0370. The lowest BCUT2D eigenvalue weighted by molar-refractivity contribution is -0.139. The minimum atomic E-state index is -1.86. The molecular weight excluding hydrogens is 478 g/mol. The van der Waals surface area contributed by atoms with Crippen LogP contribution in [-0.2, 0) is 26.4 Å². The van der Waals surface area contributed by atoms with Crippen LogP contribution in [0, 0.1) is 5.92 Å². The normalized spacial score (nSPS) is 22.1. The Morgan fingerprint density at radius 1 is 0.973 bits per heavy atom. The van der Waals surface area contributed by atoms with Crippen molar-refractivity contribution in [1.82, 2.24) is 0 Å². The molecule has 10 heteroatoms. The van der Waals surface area contributed by atoms with Crippen LogP contribution in [0.2, 0.25) is 0 Å². The van der Waals surface area contributed by atoms with Crippen LogP contribution in [0.5, 0.6) is 0 Å². The molecule has 2 saturated heterocycles. The summed E-state index contributed by atoms with van der Waals surface area (Å²) in [5.74, 6) is -1.07. The zero-order chi connectivity index (χ0) is 26.2. The number of ether oxygens (including phenoxy) is 2. The Bertz CT molecular complexity index is 1250. The standard InChI is InChI=1S/C27H29N3O7/c1-18(4-2-3-13-31)27(35)22-16-21(29-12-15-37-26(29)34)9-10-23(22)30(24(27)32)17-19-5-7-20(8-6-19)28-11-14-36-25(28)33/h2,4-10,16,18,31,35H,3,11-15,17H2,1H3/b4-2+/t18-,27+/m1/s1. The molecule has 3 aliphatic heterocycles. The van der Waals surface area contributed by atoms with Gasteiger partial charge in [-0.2, -0.15) is 0 Å². The first-order valence-corrected chi connectivity index (χ1v) is 12.3. The Kier molecular flexibility index (Phi) is 6.61. The number of anilines is 3. The maximum atomic E-state index is 13.8. The average Bonchev–Trinajstić information content (AvgIpc) is 3.58. The first-order chi connectivity index (χ1) is 17.8. The molecule has 0 aromatic heterocycles. The minimum Gasteiger partial charge on any atom is -0.447 e. The van der Waals surface area contributed by atoms with Crippen molar-refractivity contribution in [3.8, 4) is 0 Å². The van der Waals surface area contributed by atoms with Gasteiger partial charge in [-0.3, -0.25) is 14.6 Å². The Morgan fingerprint density at radius 3 is 2.19 bits per heavy atom. The van der Waals surface area contributed by atoms with E-state index in [0.717, 1.165) is 5.56 Å². The summed E-state index contributed by atoms with van der Waals surface area (Å²) in [6, 6.07) is 12.4. The topological polar surface area (TPSA) is 120 Å². The molecular formula is C27H29N3O7. The average molecular weight is 508 g/mol. The molecule has 0 spiro atoms. The molecule has 0 unspecified atom stereocenters. The van der Waals surface area contributed by atoms with Crippen LogP contribution in [0.15, 0.2) is 54.6 Å². The van der Waals surface area contributed by atoms with E-state index >= 15 is 0 Å². The number of carbonyl (C=O) groups excluding carboxylic acids is 3. The van der Waals surface area contributed by atoms with Crippen molar-refractivity contribution < 1.29 is 34.1 Å².